The minimum Gasteiger partial charge on any atom is -0.496 e. The first kappa shape index (κ1) is 24.8. The van der Waals surface area contributed by atoms with E-state index in [9.17, 15) is 14.0 Å². The molecule has 7 nitrogen and oxygen atoms in total. The van der Waals surface area contributed by atoms with E-state index in [0.717, 1.165) is 28.0 Å². The number of aryl methyl sites for hydroxylation is 1. The molecule has 0 fully saturated rings. The second-order valence-electron chi connectivity index (χ2n) is 8.58. The van der Waals surface area contributed by atoms with Gasteiger partial charge in [-0.25, -0.2) is 4.39 Å². The molecule has 0 unspecified atom stereocenters. The molecule has 0 atom stereocenters. The van der Waals surface area contributed by atoms with Gasteiger partial charge in [0.2, 0.25) is 5.91 Å². The number of aromatic nitrogens is 1. The average molecular weight is 490 g/mol. The fourth-order valence-electron chi connectivity index (χ4n) is 4.50. The Morgan fingerprint density at radius 3 is 2.36 bits per heavy atom. The molecule has 1 aliphatic carbocycles. The fourth-order valence-corrected chi connectivity index (χ4v) is 4.50. The summed E-state index contributed by atoms with van der Waals surface area (Å²) in [6.45, 7) is 2.31. The molecule has 36 heavy (non-hydrogen) atoms. The number of carbonyl (C=O) groups is 2. The number of nitrogens with one attached hydrogen (secondary N) is 1. The molecule has 2 aromatic carbocycles. The van der Waals surface area contributed by atoms with Crippen LogP contribution in [0.1, 0.15) is 46.1 Å². The van der Waals surface area contributed by atoms with Gasteiger partial charge in [-0.3, -0.25) is 9.59 Å². The van der Waals surface area contributed by atoms with Crippen molar-refractivity contribution in [1.82, 2.24) is 9.88 Å². The Morgan fingerprint density at radius 1 is 1.08 bits per heavy atom. The van der Waals surface area contributed by atoms with Gasteiger partial charge in [-0.05, 0) is 82.8 Å². The molecule has 4 rings (SSSR count). The molecule has 3 N–H and O–H groups in total. The number of benzene rings is 2. The number of hydrogen-bond donors (Lipinski definition) is 2. The van der Waals surface area contributed by atoms with Gasteiger partial charge in [-0.2, -0.15) is 0 Å². The van der Waals surface area contributed by atoms with Crippen molar-refractivity contribution >= 4 is 29.0 Å². The Bertz CT molecular complexity index is 1390. The lowest BCUT2D eigenvalue weighted by atomic mass is 9.99. The fraction of sp³-hybridized carbons (Fsp3) is 0.214. The van der Waals surface area contributed by atoms with E-state index in [4.69, 9.17) is 15.2 Å². The monoisotopic (exact) mass is 489 g/mol. The van der Waals surface area contributed by atoms with Gasteiger partial charge in [-0.15, -0.1) is 0 Å². The zero-order valence-corrected chi connectivity index (χ0v) is 20.6. The lowest BCUT2D eigenvalue weighted by Gasteiger charge is -2.13. The van der Waals surface area contributed by atoms with Crippen LogP contribution < -0.4 is 20.5 Å². The third kappa shape index (κ3) is 4.75. The highest BCUT2D eigenvalue weighted by molar-refractivity contribution is 6.08. The molecule has 0 spiro atoms. The molecule has 1 heterocycles. The van der Waals surface area contributed by atoms with Crippen molar-refractivity contribution < 1.29 is 23.5 Å². The zero-order valence-electron chi connectivity index (χ0n) is 20.6. The number of nitrogens with zero attached hydrogens (tertiary/aromatic N) is 1. The first-order chi connectivity index (χ1) is 17.2. The van der Waals surface area contributed by atoms with E-state index in [1.54, 1.807) is 18.2 Å². The predicted molar refractivity (Wildman–Crippen MR) is 137 cm³/mol. The zero-order chi connectivity index (χ0) is 26.0. The SMILES string of the molecule is COc1cc(C=C2C(C)=C(CC(=O)NCc3cccn3C)c3cc(F)ccc32)cc(OC)c1C(N)=O. The summed E-state index contributed by atoms with van der Waals surface area (Å²) in [7, 11) is 4.81. The maximum atomic E-state index is 14.2. The van der Waals surface area contributed by atoms with Crippen LogP contribution in [-0.4, -0.2) is 30.6 Å². The molecule has 1 aromatic heterocycles. The van der Waals surface area contributed by atoms with Crippen LogP contribution in [0, 0.1) is 5.82 Å². The Kier molecular flexibility index (Phi) is 6.96. The van der Waals surface area contributed by atoms with E-state index in [2.05, 4.69) is 5.32 Å². The summed E-state index contributed by atoms with van der Waals surface area (Å²) in [4.78, 5) is 24.8. The predicted octanol–water partition coefficient (Wildman–Crippen LogP) is 4.31. The van der Waals surface area contributed by atoms with Crippen LogP contribution in [0.15, 0.2) is 54.2 Å². The molecule has 0 saturated heterocycles. The summed E-state index contributed by atoms with van der Waals surface area (Å²) in [6, 6.07) is 11.8. The van der Waals surface area contributed by atoms with E-state index < -0.39 is 5.91 Å². The normalized spacial score (nSPS) is 13.6. The third-order valence-electron chi connectivity index (χ3n) is 6.39. The summed E-state index contributed by atoms with van der Waals surface area (Å²) < 4.78 is 26.9. The molecule has 3 aromatic rings. The number of nitrogens with two attached hydrogens (primary N) is 1. The van der Waals surface area contributed by atoms with Gasteiger partial charge >= 0.3 is 0 Å². The Labute approximate surface area is 209 Å². The van der Waals surface area contributed by atoms with Gasteiger partial charge in [0, 0.05) is 18.9 Å². The Balaban J connectivity index is 1.72. The van der Waals surface area contributed by atoms with Gasteiger partial charge in [0.05, 0.1) is 27.2 Å². The van der Waals surface area contributed by atoms with Crippen LogP contribution in [0.2, 0.25) is 0 Å². The quantitative estimate of drug-likeness (QED) is 0.493. The van der Waals surface area contributed by atoms with Crippen molar-refractivity contribution in [2.24, 2.45) is 12.8 Å². The first-order valence-electron chi connectivity index (χ1n) is 11.4. The maximum Gasteiger partial charge on any atom is 0.256 e. The number of carbonyl (C=O) groups excluding carboxylic acids is 2. The minimum atomic E-state index is -0.663. The first-order valence-corrected chi connectivity index (χ1v) is 11.4. The summed E-state index contributed by atoms with van der Waals surface area (Å²) in [5.74, 6) is -0.625. The van der Waals surface area contributed by atoms with E-state index in [1.807, 2.05) is 42.9 Å². The minimum absolute atomic E-state index is 0.108. The lowest BCUT2D eigenvalue weighted by Crippen LogP contribution is -2.23. The van der Waals surface area contributed by atoms with Crippen LogP contribution in [0.4, 0.5) is 4.39 Å². The van der Waals surface area contributed by atoms with Gasteiger partial charge < -0.3 is 25.1 Å². The van der Waals surface area contributed by atoms with E-state index >= 15 is 0 Å². The highest BCUT2D eigenvalue weighted by Gasteiger charge is 2.26. The molecule has 0 aliphatic heterocycles. The van der Waals surface area contributed by atoms with Crippen LogP contribution in [0.25, 0.3) is 17.2 Å². The molecule has 1 aliphatic rings. The van der Waals surface area contributed by atoms with Crippen molar-refractivity contribution in [3.05, 3.63) is 88.0 Å². The molecule has 0 saturated carbocycles. The maximum absolute atomic E-state index is 14.2. The van der Waals surface area contributed by atoms with Gasteiger partial charge in [0.1, 0.15) is 22.9 Å². The van der Waals surface area contributed by atoms with Crippen molar-refractivity contribution in [2.75, 3.05) is 14.2 Å². The largest absolute Gasteiger partial charge is 0.496 e. The lowest BCUT2D eigenvalue weighted by molar-refractivity contribution is -0.120. The second kappa shape index (κ2) is 10.1. The summed E-state index contributed by atoms with van der Waals surface area (Å²) in [5, 5.41) is 2.95. The van der Waals surface area contributed by atoms with Crippen LogP contribution in [-0.2, 0) is 18.4 Å². The van der Waals surface area contributed by atoms with Crippen LogP contribution in [0.3, 0.4) is 0 Å². The van der Waals surface area contributed by atoms with Crippen molar-refractivity contribution in [1.29, 1.82) is 0 Å². The molecule has 0 bridgehead atoms. The van der Waals surface area contributed by atoms with Crippen molar-refractivity contribution in [3.63, 3.8) is 0 Å². The highest BCUT2D eigenvalue weighted by atomic mass is 19.1. The van der Waals surface area contributed by atoms with Crippen molar-refractivity contribution in [2.45, 2.75) is 19.9 Å². The topological polar surface area (TPSA) is 95.6 Å². The third-order valence-corrected chi connectivity index (χ3v) is 6.39. The molecule has 8 heteroatoms. The van der Waals surface area contributed by atoms with Crippen LogP contribution >= 0.6 is 0 Å². The van der Waals surface area contributed by atoms with E-state index in [-0.39, 0.29) is 35.2 Å². The second-order valence-corrected chi connectivity index (χ2v) is 8.58. The van der Waals surface area contributed by atoms with Gasteiger partial charge in [0.15, 0.2) is 0 Å². The number of hydrogen-bond acceptors (Lipinski definition) is 4. The average Bonchev–Trinajstić information content (AvgIpc) is 3.37. The molecule has 186 valence electrons. The number of ether oxygens (including phenoxy) is 2. The number of amides is 2. The van der Waals surface area contributed by atoms with E-state index in [0.29, 0.717) is 17.7 Å². The number of methoxy groups -OCH3 is 2. The molecular formula is C28H28FN3O4. The van der Waals surface area contributed by atoms with Gasteiger partial charge in [0.25, 0.3) is 5.91 Å². The number of rotatable bonds is 8. The number of halogens is 1. The van der Waals surface area contributed by atoms with Crippen molar-refractivity contribution in [3.8, 4) is 11.5 Å². The Morgan fingerprint density at radius 2 is 1.78 bits per heavy atom. The Hall–Kier alpha value is -4.33. The summed E-state index contributed by atoms with van der Waals surface area (Å²) in [5.41, 5.74) is 11.3. The van der Waals surface area contributed by atoms with E-state index in [1.165, 1.54) is 26.4 Å². The summed E-state index contributed by atoms with van der Waals surface area (Å²) in [6.07, 6.45) is 3.93. The number of fused-ring (bicyclic) bond motifs is 1. The number of allylic oxidation sites excluding steroid dienone is 2. The summed E-state index contributed by atoms with van der Waals surface area (Å²) >= 11 is 0. The molecular weight excluding hydrogens is 461 g/mol. The van der Waals surface area contributed by atoms with Crippen LogP contribution in [0.5, 0.6) is 11.5 Å². The highest BCUT2D eigenvalue weighted by Crippen LogP contribution is 2.44. The number of primary amides is 1. The smallest absolute Gasteiger partial charge is 0.256 e. The molecule has 0 radical (unpaired) electrons. The standard InChI is InChI=1S/C28H28FN3O4/c1-16-21(10-17-11-24(35-3)27(28(30)34)25(12-17)36-4)20-8-7-18(29)13-23(20)22(16)14-26(33)31-15-19-6-5-9-32(19)2/h5-13H,14-15H2,1-4H3,(H2,30,34)(H,31,33). The molecule has 2 amide bonds. The van der Waals surface area contributed by atoms with Gasteiger partial charge in [-0.1, -0.05) is 6.07 Å².